The van der Waals surface area contributed by atoms with E-state index in [1.165, 1.54) is 0 Å². The van der Waals surface area contributed by atoms with E-state index in [2.05, 4.69) is 27.4 Å². The minimum atomic E-state index is -0.561. The molecule has 0 fully saturated rings. The van der Waals surface area contributed by atoms with E-state index >= 15 is 0 Å². The zero-order valence-electron chi connectivity index (χ0n) is 17.9. The van der Waals surface area contributed by atoms with Crippen molar-refractivity contribution in [1.29, 1.82) is 0 Å². The zero-order chi connectivity index (χ0) is 21.0. The van der Waals surface area contributed by atoms with Crippen LogP contribution in [0.2, 0.25) is 0 Å². The molecule has 1 atom stereocenters. The molecule has 1 rings (SSSR count). The second-order valence-electron chi connectivity index (χ2n) is 7.62. The van der Waals surface area contributed by atoms with Crippen LogP contribution in [0.4, 0.5) is 4.79 Å². The number of ether oxygens (including phenoxy) is 1. The second-order valence-corrected chi connectivity index (χ2v) is 10.1. The minimum absolute atomic E-state index is 0.164. The molecule has 0 saturated heterocycles. The molecule has 0 saturated carbocycles. The van der Waals surface area contributed by atoms with E-state index in [4.69, 9.17) is 9.26 Å². The van der Waals surface area contributed by atoms with Crippen molar-refractivity contribution in [2.45, 2.75) is 71.9 Å². The van der Waals surface area contributed by atoms with Gasteiger partial charge in [0.1, 0.15) is 11.6 Å². The van der Waals surface area contributed by atoms with E-state index in [-0.39, 0.29) is 12.0 Å². The predicted molar refractivity (Wildman–Crippen MR) is 119 cm³/mol. The number of carbonyl (C=O) groups excluding carboxylic acids is 1. The summed E-state index contributed by atoms with van der Waals surface area (Å²) in [4.78, 5) is 20.9. The van der Waals surface area contributed by atoms with Crippen LogP contribution in [0, 0.1) is 0 Å². The SMILES string of the molecule is CCCN=CCCSCSC[C@H](NC(=O)OC(C)(C)C)c1nc(C(C)C)no1. The Kier molecular flexibility index (Phi) is 11.6. The molecule has 28 heavy (non-hydrogen) atoms. The van der Waals surface area contributed by atoms with Gasteiger partial charge in [-0.2, -0.15) is 16.7 Å². The molecule has 1 amide bonds. The van der Waals surface area contributed by atoms with E-state index in [1.54, 1.807) is 11.8 Å². The normalized spacial score (nSPS) is 13.2. The Morgan fingerprint density at radius 2 is 2.11 bits per heavy atom. The zero-order valence-corrected chi connectivity index (χ0v) is 19.5. The lowest BCUT2D eigenvalue weighted by molar-refractivity contribution is 0.0500. The summed E-state index contributed by atoms with van der Waals surface area (Å²) in [5.41, 5.74) is -0.561. The lowest BCUT2D eigenvalue weighted by Gasteiger charge is -2.22. The minimum Gasteiger partial charge on any atom is -0.444 e. The van der Waals surface area contributed by atoms with Crippen molar-refractivity contribution in [2.75, 3.05) is 23.1 Å². The van der Waals surface area contributed by atoms with Crippen molar-refractivity contribution in [3.63, 3.8) is 0 Å². The molecule has 0 spiro atoms. The Hall–Kier alpha value is -1.22. The molecule has 0 radical (unpaired) electrons. The van der Waals surface area contributed by atoms with Gasteiger partial charge in [0.15, 0.2) is 5.82 Å². The van der Waals surface area contributed by atoms with Gasteiger partial charge in [-0.25, -0.2) is 4.79 Å². The van der Waals surface area contributed by atoms with Crippen molar-refractivity contribution in [3.8, 4) is 0 Å². The highest BCUT2D eigenvalue weighted by molar-refractivity contribution is 8.15. The third-order valence-corrected chi connectivity index (χ3v) is 5.71. The fourth-order valence-corrected chi connectivity index (χ4v) is 4.04. The maximum Gasteiger partial charge on any atom is 0.408 e. The van der Waals surface area contributed by atoms with Gasteiger partial charge in [-0.15, -0.1) is 11.8 Å². The number of aromatic nitrogens is 2. The number of amides is 1. The van der Waals surface area contributed by atoms with Gasteiger partial charge in [0.05, 0.1) is 0 Å². The number of hydrogen-bond donors (Lipinski definition) is 1. The van der Waals surface area contributed by atoms with Crippen LogP contribution in [0.5, 0.6) is 0 Å². The summed E-state index contributed by atoms with van der Waals surface area (Å²) in [6.07, 6.45) is 3.58. The standard InChI is InChI=1S/C19H34N4O3S2/c1-7-9-20-10-8-11-27-13-28-12-15(21-18(24)25-19(4,5)6)17-22-16(14(2)3)23-26-17/h10,14-15H,7-9,11-13H2,1-6H3,(H,21,24)/t15-/m0/s1. The van der Waals surface area contributed by atoms with Crippen LogP contribution < -0.4 is 5.32 Å². The predicted octanol–water partition coefficient (Wildman–Crippen LogP) is 5.05. The Morgan fingerprint density at radius 3 is 2.71 bits per heavy atom. The Labute approximate surface area is 177 Å². The van der Waals surface area contributed by atoms with Crippen LogP contribution in [0.25, 0.3) is 0 Å². The number of alkyl carbamates (subject to hydrolysis) is 1. The lowest BCUT2D eigenvalue weighted by Crippen LogP contribution is -2.36. The van der Waals surface area contributed by atoms with E-state index in [9.17, 15) is 4.79 Å². The van der Waals surface area contributed by atoms with Crippen LogP contribution in [-0.2, 0) is 4.74 Å². The van der Waals surface area contributed by atoms with Crippen LogP contribution in [0.3, 0.4) is 0 Å². The lowest BCUT2D eigenvalue weighted by atomic mass is 10.2. The van der Waals surface area contributed by atoms with Crippen LogP contribution in [0.1, 0.15) is 78.1 Å². The maximum atomic E-state index is 12.2. The third kappa shape index (κ3) is 10.9. The van der Waals surface area contributed by atoms with Crippen LogP contribution in [0.15, 0.2) is 9.52 Å². The summed E-state index contributed by atoms with van der Waals surface area (Å²) in [6.45, 7) is 12.5. The summed E-state index contributed by atoms with van der Waals surface area (Å²) in [6, 6.07) is -0.383. The van der Waals surface area contributed by atoms with Gasteiger partial charge >= 0.3 is 6.09 Å². The van der Waals surface area contributed by atoms with Gasteiger partial charge in [-0.3, -0.25) is 4.99 Å². The molecule has 160 valence electrons. The fraction of sp³-hybridized carbons (Fsp3) is 0.789. The molecule has 0 aromatic carbocycles. The number of hydrogen-bond acceptors (Lipinski definition) is 8. The molecule has 1 N–H and O–H groups in total. The van der Waals surface area contributed by atoms with Gasteiger partial charge in [0.2, 0.25) is 5.89 Å². The van der Waals surface area contributed by atoms with Gasteiger partial charge in [0, 0.05) is 23.3 Å². The summed E-state index contributed by atoms with van der Waals surface area (Å²) < 4.78 is 10.7. The first kappa shape index (κ1) is 24.8. The molecule has 0 aliphatic carbocycles. The molecule has 0 aliphatic heterocycles. The highest BCUT2D eigenvalue weighted by Gasteiger charge is 2.25. The van der Waals surface area contributed by atoms with Crippen molar-refractivity contribution in [1.82, 2.24) is 15.5 Å². The van der Waals surface area contributed by atoms with Crippen molar-refractivity contribution < 1.29 is 14.1 Å². The number of aliphatic imine (C=N–C) groups is 1. The molecule has 7 nitrogen and oxygen atoms in total. The fourth-order valence-electron chi connectivity index (χ4n) is 1.98. The number of carbonyl (C=O) groups is 1. The number of nitrogens with one attached hydrogen (secondary N) is 1. The largest absolute Gasteiger partial charge is 0.444 e. The first-order chi connectivity index (χ1) is 13.2. The van der Waals surface area contributed by atoms with Crippen LogP contribution >= 0.6 is 23.5 Å². The molecule has 0 aliphatic rings. The average Bonchev–Trinajstić information content (AvgIpc) is 3.08. The first-order valence-corrected chi connectivity index (χ1v) is 12.0. The van der Waals surface area contributed by atoms with E-state index in [0.29, 0.717) is 17.5 Å². The number of thioether (sulfide) groups is 2. The van der Waals surface area contributed by atoms with E-state index in [0.717, 1.165) is 30.2 Å². The molecule has 1 heterocycles. The third-order valence-electron chi connectivity index (χ3n) is 3.29. The molecule has 1 aromatic heterocycles. The topological polar surface area (TPSA) is 89.6 Å². The molecular weight excluding hydrogens is 396 g/mol. The highest BCUT2D eigenvalue weighted by atomic mass is 32.2. The summed E-state index contributed by atoms with van der Waals surface area (Å²) in [5.74, 6) is 2.88. The highest BCUT2D eigenvalue weighted by Crippen LogP contribution is 2.22. The quantitative estimate of drug-likeness (QED) is 0.282. The van der Waals surface area contributed by atoms with Gasteiger partial charge < -0.3 is 14.6 Å². The molecular formula is C19H34N4O3S2. The van der Waals surface area contributed by atoms with Gasteiger partial charge in [-0.1, -0.05) is 25.9 Å². The van der Waals surface area contributed by atoms with E-state index < -0.39 is 11.7 Å². The maximum absolute atomic E-state index is 12.2. The van der Waals surface area contributed by atoms with Crippen molar-refractivity contribution in [2.24, 2.45) is 4.99 Å². The summed E-state index contributed by atoms with van der Waals surface area (Å²) in [5, 5.41) is 7.78. The Balaban J connectivity index is 2.52. The van der Waals surface area contributed by atoms with Gasteiger partial charge in [-0.05, 0) is 45.6 Å². The van der Waals surface area contributed by atoms with Gasteiger partial charge in [0.25, 0.3) is 0 Å². The Bertz CT molecular complexity index is 600. The summed E-state index contributed by atoms with van der Waals surface area (Å²) in [7, 11) is 0. The van der Waals surface area contributed by atoms with Crippen molar-refractivity contribution in [3.05, 3.63) is 11.7 Å². The second kappa shape index (κ2) is 13.1. The molecule has 0 unspecified atom stereocenters. The molecule has 0 bridgehead atoms. The van der Waals surface area contributed by atoms with Crippen molar-refractivity contribution >= 4 is 35.8 Å². The molecule has 1 aromatic rings. The average molecular weight is 431 g/mol. The smallest absolute Gasteiger partial charge is 0.408 e. The van der Waals surface area contributed by atoms with Crippen LogP contribution in [-0.4, -0.2) is 51.2 Å². The number of rotatable bonds is 12. The Morgan fingerprint density at radius 1 is 1.36 bits per heavy atom. The number of nitrogens with zero attached hydrogens (tertiary/aromatic N) is 3. The monoisotopic (exact) mass is 430 g/mol. The summed E-state index contributed by atoms with van der Waals surface area (Å²) >= 11 is 3.57. The first-order valence-electron chi connectivity index (χ1n) is 9.69. The van der Waals surface area contributed by atoms with E-state index in [1.807, 2.05) is 52.6 Å². The molecule has 9 heteroatoms.